The minimum atomic E-state index is -3.73. The molecule has 0 saturated carbocycles. The maximum Gasteiger partial charge on any atom is 0.264 e. The van der Waals surface area contributed by atoms with Gasteiger partial charge in [-0.1, -0.05) is 13.8 Å². The van der Waals surface area contributed by atoms with Crippen molar-refractivity contribution in [1.29, 1.82) is 0 Å². The Balaban J connectivity index is 1.96. The van der Waals surface area contributed by atoms with Gasteiger partial charge in [-0.15, -0.1) is 0 Å². The van der Waals surface area contributed by atoms with Crippen LogP contribution in [0.3, 0.4) is 0 Å². The summed E-state index contributed by atoms with van der Waals surface area (Å²) < 4.78 is 26.9. The number of anilines is 2. The Kier molecular flexibility index (Phi) is 6.65. The molecule has 0 aliphatic rings. The van der Waals surface area contributed by atoms with E-state index in [0.717, 1.165) is 13.0 Å². The second kappa shape index (κ2) is 8.72. The van der Waals surface area contributed by atoms with Crippen molar-refractivity contribution in [2.45, 2.75) is 25.2 Å². The van der Waals surface area contributed by atoms with Gasteiger partial charge in [-0.2, -0.15) is 0 Å². The van der Waals surface area contributed by atoms with Gasteiger partial charge in [-0.25, -0.2) is 23.1 Å². The second-order valence-electron chi connectivity index (χ2n) is 5.77. The highest BCUT2D eigenvalue weighted by Crippen LogP contribution is 2.16. The summed E-state index contributed by atoms with van der Waals surface area (Å²) in [5.41, 5.74) is 0.706. The highest BCUT2D eigenvalue weighted by Gasteiger charge is 2.15. The third-order valence-corrected chi connectivity index (χ3v) is 4.81. The first-order valence-electron chi connectivity index (χ1n) is 7.81. The van der Waals surface area contributed by atoms with Gasteiger partial charge in [-0.05, 0) is 54.9 Å². The van der Waals surface area contributed by atoms with Crippen LogP contribution in [0, 0.1) is 5.92 Å². The summed E-state index contributed by atoms with van der Waals surface area (Å²) in [6, 6.07) is 7.89. The van der Waals surface area contributed by atoms with Crippen molar-refractivity contribution in [1.82, 2.24) is 15.3 Å². The molecule has 0 atom stereocenters. The van der Waals surface area contributed by atoms with E-state index in [2.05, 4.69) is 39.2 Å². The summed E-state index contributed by atoms with van der Waals surface area (Å²) in [6.07, 6.45) is 3.95. The standard InChI is InChI=1S/C16H21N5O2S2/c1-12(2)8-11-19-16(24)20-13-4-6-14(7-5-13)25(22,23)21-15-17-9-3-10-18-15/h3-7,9-10,12H,8,11H2,1-2H3,(H,17,18,21)(H2,19,20,24). The first-order valence-corrected chi connectivity index (χ1v) is 9.71. The van der Waals surface area contributed by atoms with Gasteiger partial charge >= 0.3 is 0 Å². The quantitative estimate of drug-likeness (QED) is 0.636. The van der Waals surface area contributed by atoms with Crippen LogP contribution in [0.2, 0.25) is 0 Å². The molecule has 1 heterocycles. The fourth-order valence-corrected chi connectivity index (χ4v) is 3.08. The third kappa shape index (κ3) is 6.28. The van der Waals surface area contributed by atoms with E-state index in [1.165, 1.54) is 24.5 Å². The van der Waals surface area contributed by atoms with Crippen molar-refractivity contribution in [2.75, 3.05) is 16.6 Å². The Labute approximate surface area is 153 Å². The summed E-state index contributed by atoms with van der Waals surface area (Å²) >= 11 is 5.21. The number of sulfonamides is 1. The third-order valence-electron chi connectivity index (χ3n) is 3.22. The number of nitrogens with zero attached hydrogens (tertiary/aromatic N) is 2. The van der Waals surface area contributed by atoms with Crippen molar-refractivity contribution in [3.05, 3.63) is 42.7 Å². The van der Waals surface area contributed by atoms with E-state index in [9.17, 15) is 8.42 Å². The van der Waals surface area contributed by atoms with E-state index in [1.54, 1.807) is 18.2 Å². The van der Waals surface area contributed by atoms with Gasteiger partial charge in [0.25, 0.3) is 10.0 Å². The SMILES string of the molecule is CC(C)CCNC(=S)Nc1ccc(S(=O)(=O)Nc2ncccn2)cc1. The number of aromatic nitrogens is 2. The summed E-state index contributed by atoms with van der Waals surface area (Å²) in [5.74, 6) is 0.626. The first kappa shape index (κ1) is 19.1. The van der Waals surface area contributed by atoms with E-state index in [1.807, 2.05) is 0 Å². The van der Waals surface area contributed by atoms with Crippen LogP contribution >= 0.6 is 12.2 Å². The predicted molar refractivity (Wildman–Crippen MR) is 103 cm³/mol. The van der Waals surface area contributed by atoms with Crippen LogP contribution in [-0.2, 0) is 10.0 Å². The fraction of sp³-hybridized carbons (Fsp3) is 0.312. The molecule has 0 aliphatic carbocycles. The molecule has 0 spiro atoms. The number of thiocarbonyl (C=S) groups is 1. The van der Waals surface area contributed by atoms with Crippen LogP contribution in [-0.4, -0.2) is 30.0 Å². The molecular weight excluding hydrogens is 358 g/mol. The van der Waals surface area contributed by atoms with E-state index in [0.29, 0.717) is 16.7 Å². The normalized spacial score (nSPS) is 11.2. The molecule has 1 aromatic heterocycles. The lowest BCUT2D eigenvalue weighted by atomic mass is 10.1. The molecule has 0 bridgehead atoms. The van der Waals surface area contributed by atoms with E-state index >= 15 is 0 Å². The smallest absolute Gasteiger partial charge is 0.264 e. The van der Waals surface area contributed by atoms with Crippen LogP contribution in [0.5, 0.6) is 0 Å². The van der Waals surface area contributed by atoms with Gasteiger partial charge in [0, 0.05) is 24.6 Å². The maximum atomic E-state index is 12.3. The average molecular weight is 380 g/mol. The zero-order valence-electron chi connectivity index (χ0n) is 14.1. The van der Waals surface area contributed by atoms with E-state index < -0.39 is 10.0 Å². The van der Waals surface area contributed by atoms with E-state index in [4.69, 9.17) is 12.2 Å². The molecule has 0 unspecified atom stereocenters. The minimum Gasteiger partial charge on any atom is -0.362 e. The molecule has 2 aromatic rings. The Morgan fingerprint density at radius 1 is 1.16 bits per heavy atom. The fourth-order valence-electron chi connectivity index (χ4n) is 1.90. The highest BCUT2D eigenvalue weighted by molar-refractivity contribution is 7.92. The number of benzene rings is 1. The zero-order valence-corrected chi connectivity index (χ0v) is 15.7. The molecule has 2 rings (SSSR count). The largest absolute Gasteiger partial charge is 0.362 e. The first-order chi connectivity index (χ1) is 11.9. The lowest BCUT2D eigenvalue weighted by molar-refractivity contribution is 0.579. The van der Waals surface area contributed by atoms with Crippen LogP contribution in [0.25, 0.3) is 0 Å². The van der Waals surface area contributed by atoms with Crippen molar-refractivity contribution in [3.8, 4) is 0 Å². The molecule has 9 heteroatoms. The second-order valence-corrected chi connectivity index (χ2v) is 7.86. The van der Waals surface area contributed by atoms with Gasteiger partial charge in [0.2, 0.25) is 5.95 Å². The molecule has 25 heavy (non-hydrogen) atoms. The molecular formula is C16H21N5O2S2. The Morgan fingerprint density at radius 3 is 2.40 bits per heavy atom. The predicted octanol–water partition coefficient (Wildman–Crippen LogP) is 2.61. The lowest BCUT2D eigenvalue weighted by Crippen LogP contribution is -2.29. The molecule has 0 saturated heterocycles. The molecule has 3 N–H and O–H groups in total. The monoisotopic (exact) mass is 379 g/mol. The van der Waals surface area contributed by atoms with Crippen molar-refractivity contribution in [2.24, 2.45) is 5.92 Å². The van der Waals surface area contributed by atoms with Crippen molar-refractivity contribution < 1.29 is 8.42 Å². The number of hydrogen-bond acceptors (Lipinski definition) is 5. The molecule has 7 nitrogen and oxygen atoms in total. The number of hydrogen-bond donors (Lipinski definition) is 3. The van der Waals surface area contributed by atoms with Crippen LogP contribution in [0.1, 0.15) is 20.3 Å². The molecule has 1 aromatic carbocycles. The highest BCUT2D eigenvalue weighted by atomic mass is 32.2. The lowest BCUT2D eigenvalue weighted by Gasteiger charge is -2.12. The molecule has 0 aliphatic heterocycles. The van der Waals surface area contributed by atoms with Gasteiger partial charge in [0.1, 0.15) is 0 Å². The molecule has 134 valence electrons. The summed E-state index contributed by atoms with van der Waals surface area (Å²) in [4.78, 5) is 7.81. The molecule has 0 radical (unpaired) electrons. The topological polar surface area (TPSA) is 96.0 Å². The van der Waals surface area contributed by atoms with Crippen LogP contribution < -0.4 is 15.4 Å². The Morgan fingerprint density at radius 2 is 1.80 bits per heavy atom. The van der Waals surface area contributed by atoms with Gasteiger partial charge in [0.05, 0.1) is 4.90 Å². The van der Waals surface area contributed by atoms with Gasteiger partial charge in [-0.3, -0.25) is 0 Å². The van der Waals surface area contributed by atoms with Crippen molar-refractivity contribution in [3.63, 3.8) is 0 Å². The maximum absolute atomic E-state index is 12.3. The Bertz CT molecular complexity index is 793. The number of nitrogens with one attached hydrogen (secondary N) is 3. The summed E-state index contributed by atoms with van der Waals surface area (Å²) in [6.45, 7) is 5.08. The molecule has 0 amide bonds. The van der Waals surface area contributed by atoms with Gasteiger partial charge < -0.3 is 10.6 Å². The molecule has 0 fully saturated rings. The van der Waals surface area contributed by atoms with E-state index in [-0.39, 0.29) is 10.8 Å². The Hall–Kier alpha value is -2.26. The van der Waals surface area contributed by atoms with Crippen LogP contribution in [0.4, 0.5) is 11.6 Å². The average Bonchev–Trinajstić information content (AvgIpc) is 2.55. The zero-order chi connectivity index (χ0) is 18.3. The minimum absolute atomic E-state index is 0.0280. The summed E-state index contributed by atoms with van der Waals surface area (Å²) in [5, 5.41) is 6.64. The number of rotatable bonds is 7. The summed E-state index contributed by atoms with van der Waals surface area (Å²) in [7, 11) is -3.73. The van der Waals surface area contributed by atoms with Crippen LogP contribution in [0.15, 0.2) is 47.6 Å². The van der Waals surface area contributed by atoms with Gasteiger partial charge in [0.15, 0.2) is 5.11 Å². The van der Waals surface area contributed by atoms with Crippen molar-refractivity contribution >= 4 is 39.0 Å².